The predicted octanol–water partition coefficient (Wildman–Crippen LogP) is 15.6. The van der Waals surface area contributed by atoms with Crippen LogP contribution < -0.4 is 4.90 Å². The number of fused-ring (bicyclic) bond motifs is 8. The van der Waals surface area contributed by atoms with Crippen LogP contribution in [0.2, 0.25) is 0 Å². The third kappa shape index (κ3) is 5.24. The van der Waals surface area contributed by atoms with E-state index in [0.717, 1.165) is 60.9 Å². The van der Waals surface area contributed by atoms with Crippen LogP contribution in [0.3, 0.4) is 0 Å². The van der Waals surface area contributed by atoms with Gasteiger partial charge in [-0.2, -0.15) is 0 Å². The molecule has 2 heterocycles. The van der Waals surface area contributed by atoms with Crippen molar-refractivity contribution in [2.45, 2.75) is 0 Å². The SMILES string of the molecule is c1ccc(-c2ccc(N(c3cc4c5cc(-c6ccccc6)c(-c6ccccc6)cc5oc4c4ccccc34)c3cccc4c3sc3ccccc34)cc2)cc1. The summed E-state index contributed by atoms with van der Waals surface area (Å²) in [7, 11) is 0. The smallest absolute Gasteiger partial charge is 0.143 e. The van der Waals surface area contributed by atoms with Crippen molar-refractivity contribution < 1.29 is 4.42 Å². The van der Waals surface area contributed by atoms with Crippen LogP contribution in [-0.4, -0.2) is 0 Å². The average molecular weight is 720 g/mol. The number of benzene rings is 9. The van der Waals surface area contributed by atoms with Gasteiger partial charge >= 0.3 is 0 Å². The van der Waals surface area contributed by atoms with E-state index in [1.165, 1.54) is 42.4 Å². The highest BCUT2D eigenvalue weighted by Crippen LogP contribution is 2.49. The number of nitrogens with zero attached hydrogens (tertiary/aromatic N) is 1. The molecule has 0 saturated heterocycles. The Morgan fingerprint density at radius 2 is 0.927 bits per heavy atom. The third-order valence-electron chi connectivity index (χ3n) is 10.9. The highest BCUT2D eigenvalue weighted by molar-refractivity contribution is 7.26. The summed E-state index contributed by atoms with van der Waals surface area (Å²) in [6.45, 7) is 0. The van der Waals surface area contributed by atoms with Gasteiger partial charge < -0.3 is 9.32 Å². The number of thiophene rings is 1. The molecule has 55 heavy (non-hydrogen) atoms. The van der Waals surface area contributed by atoms with Gasteiger partial charge in [0.25, 0.3) is 0 Å². The Hall–Kier alpha value is -6.94. The summed E-state index contributed by atoms with van der Waals surface area (Å²) in [5.74, 6) is 0. The van der Waals surface area contributed by atoms with Crippen LogP contribution in [0.1, 0.15) is 0 Å². The molecule has 2 aromatic heterocycles. The molecule has 0 fully saturated rings. The maximum Gasteiger partial charge on any atom is 0.143 e. The fourth-order valence-electron chi connectivity index (χ4n) is 8.27. The summed E-state index contributed by atoms with van der Waals surface area (Å²) < 4.78 is 9.47. The lowest BCUT2D eigenvalue weighted by Gasteiger charge is -2.28. The summed E-state index contributed by atoms with van der Waals surface area (Å²) >= 11 is 1.86. The summed E-state index contributed by atoms with van der Waals surface area (Å²) in [5.41, 5.74) is 12.2. The highest BCUT2D eigenvalue weighted by atomic mass is 32.1. The van der Waals surface area contributed by atoms with E-state index in [9.17, 15) is 0 Å². The Bertz CT molecular complexity index is 3180. The Morgan fingerprint density at radius 3 is 1.64 bits per heavy atom. The number of furan rings is 1. The molecule has 0 radical (unpaired) electrons. The van der Waals surface area contributed by atoms with Crippen molar-refractivity contribution in [1.29, 1.82) is 0 Å². The summed E-state index contributed by atoms with van der Waals surface area (Å²) in [4.78, 5) is 2.46. The van der Waals surface area contributed by atoms with Gasteiger partial charge in [-0.05, 0) is 75.8 Å². The lowest BCUT2D eigenvalue weighted by atomic mass is 9.92. The lowest BCUT2D eigenvalue weighted by molar-refractivity contribution is 0.673. The summed E-state index contributed by atoms with van der Waals surface area (Å²) in [5, 5.41) is 6.96. The maximum absolute atomic E-state index is 6.92. The molecule has 0 atom stereocenters. The second kappa shape index (κ2) is 12.9. The molecule has 11 aromatic rings. The van der Waals surface area contributed by atoms with Crippen LogP contribution >= 0.6 is 11.3 Å². The minimum atomic E-state index is 0.876. The number of anilines is 3. The van der Waals surface area contributed by atoms with E-state index >= 15 is 0 Å². The number of rotatable bonds is 6. The van der Waals surface area contributed by atoms with E-state index in [2.05, 4.69) is 205 Å². The van der Waals surface area contributed by atoms with Crippen LogP contribution in [0.25, 0.3) is 86.3 Å². The van der Waals surface area contributed by atoms with Crippen molar-refractivity contribution in [3.05, 3.63) is 200 Å². The molecule has 0 aliphatic heterocycles. The first-order valence-electron chi connectivity index (χ1n) is 18.7. The fraction of sp³-hybridized carbons (Fsp3) is 0. The zero-order valence-electron chi connectivity index (χ0n) is 29.8. The Balaban J connectivity index is 1.21. The molecule has 9 aromatic carbocycles. The minimum absolute atomic E-state index is 0.876. The van der Waals surface area contributed by atoms with E-state index in [4.69, 9.17) is 4.42 Å². The van der Waals surface area contributed by atoms with Gasteiger partial charge in [0.1, 0.15) is 11.2 Å². The van der Waals surface area contributed by atoms with Crippen LogP contribution in [0.4, 0.5) is 17.1 Å². The molecule has 11 rings (SSSR count). The zero-order chi connectivity index (χ0) is 36.3. The van der Waals surface area contributed by atoms with E-state index in [1.54, 1.807) is 0 Å². The predicted molar refractivity (Wildman–Crippen MR) is 235 cm³/mol. The highest BCUT2D eigenvalue weighted by Gasteiger charge is 2.24. The maximum atomic E-state index is 6.92. The van der Waals surface area contributed by atoms with Crippen molar-refractivity contribution in [1.82, 2.24) is 0 Å². The van der Waals surface area contributed by atoms with E-state index in [-0.39, 0.29) is 0 Å². The first kappa shape index (κ1) is 31.6. The molecule has 0 N–H and O–H groups in total. The van der Waals surface area contributed by atoms with Crippen LogP contribution in [0.15, 0.2) is 205 Å². The monoisotopic (exact) mass is 719 g/mol. The van der Waals surface area contributed by atoms with Gasteiger partial charge in [-0.3, -0.25) is 0 Å². The first-order valence-corrected chi connectivity index (χ1v) is 19.5. The zero-order valence-corrected chi connectivity index (χ0v) is 30.6. The molecule has 0 aliphatic rings. The molecular formula is C52H33NOS. The van der Waals surface area contributed by atoms with Crippen LogP contribution in [-0.2, 0) is 0 Å². The van der Waals surface area contributed by atoms with Gasteiger partial charge in [0, 0.05) is 42.7 Å². The molecule has 0 saturated carbocycles. The van der Waals surface area contributed by atoms with Crippen molar-refractivity contribution >= 4 is 81.3 Å². The summed E-state index contributed by atoms with van der Waals surface area (Å²) in [6.07, 6.45) is 0. The Labute approximate surface area is 322 Å². The van der Waals surface area contributed by atoms with Crippen molar-refractivity contribution in [3.8, 4) is 33.4 Å². The van der Waals surface area contributed by atoms with E-state index in [1.807, 2.05) is 11.3 Å². The normalized spacial score (nSPS) is 11.6. The van der Waals surface area contributed by atoms with Crippen molar-refractivity contribution in [2.75, 3.05) is 4.90 Å². The largest absolute Gasteiger partial charge is 0.455 e. The quantitative estimate of drug-likeness (QED) is 0.170. The molecule has 0 unspecified atom stereocenters. The lowest BCUT2D eigenvalue weighted by Crippen LogP contribution is -2.10. The van der Waals surface area contributed by atoms with Gasteiger partial charge in [-0.25, -0.2) is 0 Å². The number of hydrogen-bond acceptors (Lipinski definition) is 3. The van der Waals surface area contributed by atoms with Crippen molar-refractivity contribution in [3.63, 3.8) is 0 Å². The van der Waals surface area contributed by atoms with E-state index in [0.29, 0.717) is 0 Å². The number of hydrogen-bond donors (Lipinski definition) is 0. The topological polar surface area (TPSA) is 16.4 Å². The molecule has 2 nitrogen and oxygen atoms in total. The Kier molecular flexibility index (Phi) is 7.39. The van der Waals surface area contributed by atoms with Crippen LogP contribution in [0.5, 0.6) is 0 Å². The fourth-order valence-corrected chi connectivity index (χ4v) is 9.48. The van der Waals surface area contributed by atoms with Crippen molar-refractivity contribution in [2.24, 2.45) is 0 Å². The van der Waals surface area contributed by atoms with Gasteiger partial charge in [0.05, 0.1) is 16.1 Å². The van der Waals surface area contributed by atoms with Gasteiger partial charge in [0.15, 0.2) is 0 Å². The molecule has 258 valence electrons. The van der Waals surface area contributed by atoms with Crippen LogP contribution in [0, 0.1) is 0 Å². The van der Waals surface area contributed by atoms with E-state index < -0.39 is 0 Å². The Morgan fingerprint density at radius 1 is 0.364 bits per heavy atom. The molecule has 3 heteroatoms. The third-order valence-corrected chi connectivity index (χ3v) is 12.1. The molecule has 0 spiro atoms. The molecule has 0 aliphatic carbocycles. The van der Waals surface area contributed by atoms with Gasteiger partial charge in [0.2, 0.25) is 0 Å². The molecule has 0 bridgehead atoms. The minimum Gasteiger partial charge on any atom is -0.455 e. The summed E-state index contributed by atoms with van der Waals surface area (Å²) in [6, 6.07) is 72.1. The van der Waals surface area contributed by atoms with Gasteiger partial charge in [-0.1, -0.05) is 158 Å². The average Bonchev–Trinajstić information content (AvgIpc) is 3.83. The second-order valence-electron chi connectivity index (χ2n) is 14.0. The van der Waals surface area contributed by atoms with Gasteiger partial charge in [-0.15, -0.1) is 11.3 Å². The second-order valence-corrected chi connectivity index (χ2v) is 15.1. The molecular weight excluding hydrogens is 687 g/mol. The first-order chi connectivity index (χ1) is 27.3. The molecule has 0 amide bonds. The standard InChI is InChI=1S/C52H33NOS/c1-4-15-34(16-5-1)35-27-29-38(30-28-35)53(47-25-14-24-42-40-22-12-13-26-50(40)55-52(42)47)48-32-46-45-31-43(36-17-6-2-7-18-36)44(37-19-8-3-9-20-37)33-49(45)54-51(46)41-23-11-10-21-39(41)48/h1-33H.